The summed E-state index contributed by atoms with van der Waals surface area (Å²) in [7, 11) is 0. The van der Waals surface area contributed by atoms with Gasteiger partial charge < -0.3 is 15.0 Å². The van der Waals surface area contributed by atoms with Crippen LogP contribution in [0, 0.1) is 0 Å². The summed E-state index contributed by atoms with van der Waals surface area (Å²) in [6, 6.07) is 11.2. The number of carbonyl (C=O) groups excluding carboxylic acids is 1. The minimum Gasteiger partial charge on any atom is -0.378 e. The Bertz CT molecular complexity index is 505. The molecule has 3 atom stereocenters. The number of benzene rings is 1. The lowest BCUT2D eigenvalue weighted by atomic mass is 9.87. The van der Waals surface area contributed by atoms with Gasteiger partial charge in [0.1, 0.15) is 0 Å². The van der Waals surface area contributed by atoms with Gasteiger partial charge in [-0.2, -0.15) is 0 Å². The van der Waals surface area contributed by atoms with E-state index in [-0.39, 0.29) is 24.4 Å². The molecule has 2 aliphatic rings. The molecule has 0 saturated carbocycles. The summed E-state index contributed by atoms with van der Waals surface area (Å²) in [4.78, 5) is 14.9. The van der Waals surface area contributed by atoms with Crippen molar-refractivity contribution in [1.29, 1.82) is 0 Å². The van der Waals surface area contributed by atoms with E-state index in [9.17, 15) is 4.79 Å². The summed E-state index contributed by atoms with van der Waals surface area (Å²) in [5.41, 5.74) is 1.36. The summed E-state index contributed by atoms with van der Waals surface area (Å²) in [5, 5.41) is 3.39. The number of nitrogens with one attached hydrogen (secondary N) is 1. The molecule has 2 fully saturated rings. The zero-order valence-electron chi connectivity index (χ0n) is 14.4. The Morgan fingerprint density at radius 2 is 2.17 bits per heavy atom. The van der Waals surface area contributed by atoms with Crippen LogP contribution in [-0.2, 0) is 9.53 Å². The highest BCUT2D eigenvalue weighted by atomic mass is 35.5. The minimum absolute atomic E-state index is 0. The molecular formula is C19H29ClN2O2. The summed E-state index contributed by atoms with van der Waals surface area (Å²) in [5.74, 6) is 0.725. The van der Waals surface area contributed by atoms with Crippen LogP contribution in [0.2, 0.25) is 0 Å². The average Bonchev–Trinajstić information content (AvgIpc) is 3.07. The van der Waals surface area contributed by atoms with E-state index in [1.807, 2.05) is 0 Å². The van der Waals surface area contributed by atoms with Crippen LogP contribution in [0.3, 0.4) is 0 Å². The molecule has 5 heteroatoms. The van der Waals surface area contributed by atoms with Gasteiger partial charge in [-0.15, -0.1) is 12.4 Å². The maximum absolute atomic E-state index is 12.8. The predicted octanol–water partition coefficient (Wildman–Crippen LogP) is 2.97. The van der Waals surface area contributed by atoms with E-state index in [1.165, 1.54) is 5.56 Å². The molecule has 0 radical (unpaired) electrons. The third-order valence-corrected chi connectivity index (χ3v) is 5.17. The van der Waals surface area contributed by atoms with Crippen LogP contribution in [0.25, 0.3) is 0 Å². The Morgan fingerprint density at radius 1 is 1.38 bits per heavy atom. The number of likely N-dealkylation sites (tertiary alicyclic amines) is 1. The van der Waals surface area contributed by atoms with E-state index >= 15 is 0 Å². The van der Waals surface area contributed by atoms with Crippen LogP contribution in [0.5, 0.6) is 0 Å². The van der Waals surface area contributed by atoms with Crippen molar-refractivity contribution in [3.05, 3.63) is 35.9 Å². The van der Waals surface area contributed by atoms with Gasteiger partial charge in [0.2, 0.25) is 5.91 Å². The van der Waals surface area contributed by atoms with Gasteiger partial charge in [0, 0.05) is 37.5 Å². The lowest BCUT2D eigenvalue weighted by Crippen LogP contribution is -2.46. The second-order valence-electron chi connectivity index (χ2n) is 6.65. The minimum atomic E-state index is 0. The molecule has 0 bridgehead atoms. The van der Waals surface area contributed by atoms with Crippen molar-refractivity contribution in [3.8, 4) is 0 Å². The van der Waals surface area contributed by atoms with Crippen LogP contribution in [0.15, 0.2) is 30.3 Å². The van der Waals surface area contributed by atoms with Crippen molar-refractivity contribution >= 4 is 18.3 Å². The molecule has 4 nitrogen and oxygen atoms in total. The van der Waals surface area contributed by atoms with Gasteiger partial charge >= 0.3 is 0 Å². The Balaban J connectivity index is 0.00000208. The van der Waals surface area contributed by atoms with Gasteiger partial charge in [-0.3, -0.25) is 4.79 Å². The first-order valence-electron chi connectivity index (χ1n) is 8.95. The lowest BCUT2D eigenvalue weighted by Gasteiger charge is -2.33. The van der Waals surface area contributed by atoms with E-state index in [4.69, 9.17) is 4.74 Å². The van der Waals surface area contributed by atoms with E-state index in [0.717, 1.165) is 39.0 Å². The molecule has 1 aromatic carbocycles. The fourth-order valence-corrected chi connectivity index (χ4v) is 4.03. The number of hydrogen-bond acceptors (Lipinski definition) is 3. The van der Waals surface area contributed by atoms with Crippen molar-refractivity contribution in [1.82, 2.24) is 10.2 Å². The van der Waals surface area contributed by atoms with E-state index in [2.05, 4.69) is 47.5 Å². The Morgan fingerprint density at radius 3 is 2.83 bits per heavy atom. The molecular weight excluding hydrogens is 324 g/mol. The molecule has 2 heterocycles. The fraction of sp³-hybridized carbons (Fsp3) is 0.632. The fourth-order valence-electron chi connectivity index (χ4n) is 4.03. The maximum atomic E-state index is 12.8. The molecule has 24 heavy (non-hydrogen) atoms. The average molecular weight is 353 g/mol. The molecule has 1 N–H and O–H groups in total. The molecule has 3 rings (SSSR count). The number of ether oxygens (including phenoxy) is 1. The molecule has 1 amide bonds. The highest BCUT2D eigenvalue weighted by molar-refractivity contribution is 5.85. The van der Waals surface area contributed by atoms with Gasteiger partial charge in [-0.05, 0) is 24.8 Å². The third-order valence-electron chi connectivity index (χ3n) is 5.17. The van der Waals surface area contributed by atoms with Crippen LogP contribution in [0.1, 0.15) is 44.1 Å². The van der Waals surface area contributed by atoms with Gasteiger partial charge in [-0.1, -0.05) is 37.3 Å². The Labute approximate surface area is 151 Å². The number of carbonyl (C=O) groups is 1. The number of nitrogens with zero attached hydrogens (tertiary/aromatic N) is 1. The largest absolute Gasteiger partial charge is 0.378 e. The van der Waals surface area contributed by atoms with Gasteiger partial charge in [0.25, 0.3) is 0 Å². The maximum Gasteiger partial charge on any atom is 0.224 e. The number of hydrogen-bond donors (Lipinski definition) is 1. The van der Waals surface area contributed by atoms with Crippen molar-refractivity contribution in [2.24, 2.45) is 0 Å². The Hall–Kier alpha value is -1.10. The second kappa shape index (κ2) is 9.40. The summed E-state index contributed by atoms with van der Waals surface area (Å²) >= 11 is 0. The van der Waals surface area contributed by atoms with Gasteiger partial charge in [-0.25, -0.2) is 0 Å². The SMILES string of the molecule is CCC(c1ccccc1)C1CCCN1C(=O)CC1COCCN1.Cl. The number of rotatable bonds is 5. The summed E-state index contributed by atoms with van der Waals surface area (Å²) in [6.45, 7) is 5.39. The predicted molar refractivity (Wildman–Crippen MR) is 98.7 cm³/mol. The zero-order chi connectivity index (χ0) is 16.1. The molecule has 134 valence electrons. The first-order chi connectivity index (χ1) is 11.3. The van der Waals surface area contributed by atoms with E-state index in [1.54, 1.807) is 0 Å². The normalized spacial score (nSPS) is 25.1. The van der Waals surface area contributed by atoms with Crippen molar-refractivity contribution < 1.29 is 9.53 Å². The van der Waals surface area contributed by atoms with E-state index < -0.39 is 0 Å². The molecule has 1 aromatic rings. The van der Waals surface area contributed by atoms with Crippen LogP contribution < -0.4 is 5.32 Å². The highest BCUT2D eigenvalue weighted by Gasteiger charge is 2.35. The Kier molecular flexibility index (Phi) is 7.53. The van der Waals surface area contributed by atoms with Crippen molar-refractivity contribution in [2.75, 3.05) is 26.3 Å². The van der Waals surface area contributed by atoms with Crippen LogP contribution >= 0.6 is 12.4 Å². The molecule has 0 aromatic heterocycles. The number of amides is 1. The van der Waals surface area contributed by atoms with Gasteiger partial charge in [0.15, 0.2) is 0 Å². The topological polar surface area (TPSA) is 41.6 Å². The van der Waals surface area contributed by atoms with Gasteiger partial charge in [0.05, 0.1) is 13.2 Å². The molecule has 0 aliphatic carbocycles. The first kappa shape index (κ1) is 19.2. The molecule has 2 saturated heterocycles. The van der Waals surface area contributed by atoms with Crippen LogP contribution in [-0.4, -0.2) is 49.2 Å². The number of morpholine rings is 1. The molecule has 0 spiro atoms. The first-order valence-corrected chi connectivity index (χ1v) is 8.95. The van der Waals surface area contributed by atoms with Crippen molar-refractivity contribution in [2.45, 2.75) is 50.6 Å². The second-order valence-corrected chi connectivity index (χ2v) is 6.65. The highest BCUT2D eigenvalue weighted by Crippen LogP contribution is 2.34. The summed E-state index contributed by atoms with van der Waals surface area (Å²) < 4.78 is 5.48. The zero-order valence-corrected chi connectivity index (χ0v) is 15.3. The number of halogens is 1. The van der Waals surface area contributed by atoms with E-state index in [0.29, 0.717) is 25.0 Å². The smallest absolute Gasteiger partial charge is 0.224 e. The third kappa shape index (κ3) is 4.50. The molecule has 2 aliphatic heterocycles. The van der Waals surface area contributed by atoms with Crippen molar-refractivity contribution in [3.63, 3.8) is 0 Å². The van der Waals surface area contributed by atoms with Crippen LogP contribution in [0.4, 0.5) is 0 Å². The lowest BCUT2D eigenvalue weighted by molar-refractivity contribution is -0.133. The quantitative estimate of drug-likeness (QED) is 0.885. The standard InChI is InChI=1S/C19H28N2O2.ClH/c1-2-17(15-7-4-3-5-8-15)18-9-6-11-21(18)19(22)13-16-14-23-12-10-20-16;/h3-5,7-8,16-18,20H,2,6,9-14H2,1H3;1H. The monoisotopic (exact) mass is 352 g/mol. The molecule has 3 unspecified atom stereocenters. The summed E-state index contributed by atoms with van der Waals surface area (Å²) in [6.07, 6.45) is 3.87.